The number of carbonyl (C=O) groups is 2. The van der Waals surface area contributed by atoms with E-state index in [9.17, 15) is 30.6 Å². The third-order valence-electron chi connectivity index (χ3n) is 8.56. The van der Waals surface area contributed by atoms with Crippen LogP contribution in [0.2, 0.25) is 0 Å². The molecule has 2 amide bonds. The highest BCUT2D eigenvalue weighted by Crippen LogP contribution is 2.53. The molecule has 10 heteroatoms. The number of nitrogens with one attached hydrogen (secondary N) is 2. The largest absolute Gasteiger partial charge is 0.319 e. The lowest BCUT2D eigenvalue weighted by Gasteiger charge is -2.43. The van der Waals surface area contributed by atoms with Crippen molar-refractivity contribution < 1.29 is 9.59 Å². The lowest BCUT2D eigenvalue weighted by Crippen LogP contribution is -2.48. The molecule has 0 aromatic carbocycles. The molecule has 0 unspecified atom stereocenters. The number of allylic oxidation sites excluding steroid dienone is 2. The van der Waals surface area contributed by atoms with E-state index in [1.807, 2.05) is 0 Å². The zero-order chi connectivity index (χ0) is 27.2. The van der Waals surface area contributed by atoms with Crippen molar-refractivity contribution >= 4 is 35.3 Å². The molecule has 2 atom stereocenters. The number of amides is 2. The second-order valence-corrected chi connectivity index (χ2v) is 12.8. The Hall–Kier alpha value is -2.92. The number of nitrogens with zero attached hydrogens (tertiary/aromatic N) is 4. The molecular weight excluding hydrogens is 516 g/mol. The van der Waals surface area contributed by atoms with E-state index in [0.717, 1.165) is 51.4 Å². The minimum absolute atomic E-state index is 0.303. The highest BCUT2D eigenvalue weighted by atomic mass is 32.2. The van der Waals surface area contributed by atoms with Crippen molar-refractivity contribution in [3.05, 3.63) is 21.2 Å². The predicted octanol–water partition coefficient (Wildman–Crippen LogP) is 5.14. The summed E-state index contributed by atoms with van der Waals surface area (Å²) in [4.78, 5) is 25.5. The fourth-order valence-electron chi connectivity index (χ4n) is 6.64. The number of rotatable bonds is 7. The lowest BCUT2D eigenvalue weighted by molar-refractivity contribution is -0.127. The molecule has 2 N–H and O–H groups in total. The number of unbranched alkanes of at least 4 members (excludes halogenated alkanes) is 1. The third kappa shape index (κ3) is 5.05. The average molecular weight is 549 g/mol. The molecule has 38 heavy (non-hydrogen) atoms. The van der Waals surface area contributed by atoms with Gasteiger partial charge >= 0.3 is 0 Å². The normalized spacial score (nSPS) is 26.1. The highest BCUT2D eigenvalue weighted by Gasteiger charge is 2.52. The van der Waals surface area contributed by atoms with Gasteiger partial charge in [-0.3, -0.25) is 9.59 Å². The molecule has 0 radical (unpaired) electrons. The van der Waals surface area contributed by atoms with Crippen molar-refractivity contribution in [1.82, 2.24) is 10.6 Å². The van der Waals surface area contributed by atoms with Crippen LogP contribution in [0.3, 0.4) is 0 Å². The highest BCUT2D eigenvalue weighted by molar-refractivity contribution is 8.03. The number of nitriles is 4. The number of hydrogen-bond acceptors (Lipinski definition) is 8. The zero-order valence-corrected chi connectivity index (χ0v) is 23.1. The van der Waals surface area contributed by atoms with Gasteiger partial charge < -0.3 is 10.6 Å². The molecule has 2 saturated carbocycles. The summed E-state index contributed by atoms with van der Waals surface area (Å²) in [6.07, 6.45) is 10.2. The van der Waals surface area contributed by atoms with Gasteiger partial charge in [0.15, 0.2) is 0 Å². The summed E-state index contributed by atoms with van der Waals surface area (Å²) in [7, 11) is 0. The SMILES string of the molecule is N#CC1=C(SCCCCSC2=C(C#N)C3(CCCCC3)[C@@H](C#N)C(=O)N2)NC(=O)[C@@H](C#N)C12CCCCC2. The summed E-state index contributed by atoms with van der Waals surface area (Å²) in [5.41, 5.74) is -0.224. The fraction of sp³-hybridized carbons (Fsp3) is 0.643. The quantitative estimate of drug-likeness (QED) is 0.414. The maximum atomic E-state index is 12.8. The molecule has 4 rings (SSSR count). The maximum Gasteiger partial charge on any atom is 0.243 e. The Morgan fingerprint density at radius 3 is 1.34 bits per heavy atom. The van der Waals surface area contributed by atoms with Gasteiger partial charge in [0.05, 0.1) is 45.5 Å². The van der Waals surface area contributed by atoms with Crippen molar-refractivity contribution in [2.75, 3.05) is 11.5 Å². The van der Waals surface area contributed by atoms with Crippen molar-refractivity contribution in [1.29, 1.82) is 21.0 Å². The van der Waals surface area contributed by atoms with Crippen LogP contribution < -0.4 is 10.6 Å². The van der Waals surface area contributed by atoms with E-state index in [2.05, 4.69) is 34.9 Å². The zero-order valence-electron chi connectivity index (χ0n) is 21.5. The van der Waals surface area contributed by atoms with Gasteiger partial charge in [-0.05, 0) is 50.0 Å². The van der Waals surface area contributed by atoms with Crippen LogP contribution in [0.25, 0.3) is 0 Å². The first-order valence-corrected chi connectivity index (χ1v) is 15.4. The van der Waals surface area contributed by atoms with Gasteiger partial charge in [0.1, 0.15) is 11.8 Å². The minimum Gasteiger partial charge on any atom is -0.319 e. The summed E-state index contributed by atoms with van der Waals surface area (Å²) >= 11 is 2.93. The minimum atomic E-state index is -0.820. The predicted molar refractivity (Wildman–Crippen MR) is 145 cm³/mol. The van der Waals surface area contributed by atoms with E-state index in [1.165, 1.54) is 23.5 Å². The van der Waals surface area contributed by atoms with Crippen LogP contribution in [-0.2, 0) is 9.59 Å². The van der Waals surface area contributed by atoms with Crippen LogP contribution in [0.1, 0.15) is 77.0 Å². The molecule has 2 aliphatic carbocycles. The van der Waals surface area contributed by atoms with Gasteiger partial charge in [-0.25, -0.2) is 0 Å². The third-order valence-corrected chi connectivity index (χ3v) is 10.7. The Labute approximate surface area is 232 Å². The Morgan fingerprint density at radius 1 is 0.658 bits per heavy atom. The molecule has 4 aliphatic rings. The van der Waals surface area contributed by atoms with Crippen LogP contribution in [0.15, 0.2) is 21.2 Å². The summed E-state index contributed by atoms with van der Waals surface area (Å²) in [6.45, 7) is 0. The number of thioether (sulfide) groups is 2. The molecule has 0 aromatic heterocycles. The van der Waals surface area contributed by atoms with Crippen molar-refractivity contribution in [3.8, 4) is 24.3 Å². The van der Waals surface area contributed by atoms with E-state index in [-0.39, 0.29) is 11.8 Å². The topological polar surface area (TPSA) is 153 Å². The molecular formula is C28H32N6O2S2. The Bertz CT molecular complexity index is 1110. The van der Waals surface area contributed by atoms with E-state index in [1.54, 1.807) is 0 Å². The average Bonchev–Trinajstić information content (AvgIpc) is 2.92. The van der Waals surface area contributed by atoms with Gasteiger partial charge in [0, 0.05) is 10.8 Å². The van der Waals surface area contributed by atoms with Gasteiger partial charge in [-0.2, -0.15) is 21.0 Å². The molecule has 0 bridgehead atoms. The van der Waals surface area contributed by atoms with Crippen LogP contribution in [-0.4, -0.2) is 23.3 Å². The van der Waals surface area contributed by atoms with Crippen LogP contribution in [0.5, 0.6) is 0 Å². The Morgan fingerprint density at radius 2 is 1.03 bits per heavy atom. The van der Waals surface area contributed by atoms with Gasteiger partial charge in [0.2, 0.25) is 11.8 Å². The van der Waals surface area contributed by atoms with Gasteiger partial charge in [-0.15, -0.1) is 23.5 Å². The maximum absolute atomic E-state index is 12.8. The van der Waals surface area contributed by atoms with E-state index in [4.69, 9.17) is 0 Å². The summed E-state index contributed by atoms with van der Waals surface area (Å²) in [6, 6.07) is 9.01. The molecule has 198 valence electrons. The molecule has 2 aliphatic heterocycles. The fourth-order valence-corrected chi connectivity index (χ4v) is 8.87. The van der Waals surface area contributed by atoms with Gasteiger partial charge in [-0.1, -0.05) is 38.5 Å². The van der Waals surface area contributed by atoms with Crippen molar-refractivity contribution in [3.63, 3.8) is 0 Å². The lowest BCUT2D eigenvalue weighted by atomic mass is 9.61. The molecule has 8 nitrogen and oxygen atoms in total. The van der Waals surface area contributed by atoms with Crippen molar-refractivity contribution in [2.24, 2.45) is 22.7 Å². The Balaban J connectivity index is 1.38. The van der Waals surface area contributed by atoms with Crippen LogP contribution in [0, 0.1) is 68.0 Å². The molecule has 2 spiro atoms. The van der Waals surface area contributed by atoms with Crippen LogP contribution in [0.4, 0.5) is 0 Å². The van der Waals surface area contributed by atoms with E-state index < -0.39 is 22.7 Å². The second kappa shape index (κ2) is 12.3. The Kier molecular flexibility index (Phi) is 9.09. The number of carbonyl (C=O) groups excluding carboxylic acids is 2. The summed E-state index contributed by atoms with van der Waals surface area (Å²) in [5, 5.41) is 46.3. The summed E-state index contributed by atoms with van der Waals surface area (Å²) in [5.74, 6) is -0.846. The first-order chi connectivity index (χ1) is 18.5. The van der Waals surface area contributed by atoms with E-state index >= 15 is 0 Å². The standard InChI is InChI=1S/C28H32N6O2S2/c29-15-19-23(35)33-25(21(17-31)27(19)9-3-1-4-10-27)37-13-7-8-14-38-26-22(18-32)28(11-5-2-6-12-28)20(16-30)24(36)34-26/h19-20H,1-14H2,(H,33,35)(H,34,36)/t19-,20+. The monoisotopic (exact) mass is 548 g/mol. The molecule has 2 fully saturated rings. The molecule has 0 aromatic rings. The number of hydrogen-bond donors (Lipinski definition) is 2. The van der Waals surface area contributed by atoms with E-state index in [0.29, 0.717) is 58.4 Å². The second-order valence-electron chi connectivity index (χ2n) is 10.6. The van der Waals surface area contributed by atoms with Crippen molar-refractivity contribution in [2.45, 2.75) is 77.0 Å². The first-order valence-electron chi connectivity index (χ1n) is 13.4. The smallest absolute Gasteiger partial charge is 0.243 e. The van der Waals surface area contributed by atoms with Crippen LogP contribution >= 0.6 is 23.5 Å². The summed E-state index contributed by atoms with van der Waals surface area (Å²) < 4.78 is 0. The first kappa shape index (κ1) is 28.1. The molecule has 0 saturated heterocycles. The molecule has 2 heterocycles. The van der Waals surface area contributed by atoms with Gasteiger partial charge in [0.25, 0.3) is 0 Å².